The zero-order chi connectivity index (χ0) is 16.5. The van der Waals surface area contributed by atoms with Gasteiger partial charge in [0.2, 0.25) is 0 Å². The molecule has 0 spiro atoms. The van der Waals surface area contributed by atoms with E-state index in [1.807, 2.05) is 0 Å². The minimum absolute atomic E-state index is 0.0862. The van der Waals surface area contributed by atoms with Crippen molar-refractivity contribution in [2.75, 3.05) is 0 Å². The van der Waals surface area contributed by atoms with Crippen LogP contribution in [0.15, 0.2) is 0 Å². The van der Waals surface area contributed by atoms with Crippen LogP contribution < -0.4 is 0 Å². The van der Waals surface area contributed by atoms with E-state index >= 15 is 0 Å². The molecule has 8 atom stereocenters. The van der Waals surface area contributed by atoms with Crippen molar-refractivity contribution in [2.24, 2.45) is 34.5 Å². The van der Waals surface area contributed by atoms with Crippen molar-refractivity contribution in [2.45, 2.75) is 83.3 Å². The Hall–Kier alpha value is -0.520. The first-order chi connectivity index (χ1) is 10.8. The number of hydrogen-bond acceptors (Lipinski definition) is 2. The molecule has 2 unspecified atom stereocenters. The Labute approximate surface area is 141 Å². The first kappa shape index (κ1) is 16.0. The SMILES string of the molecule is C#CC1(O)CC[C@@]2(C)C(CC[C@H]3[C@@H]4CC[C@H](O)[C@@]4(C)CC[C@@H]32)C1. The van der Waals surface area contributed by atoms with E-state index in [4.69, 9.17) is 6.42 Å². The highest BCUT2D eigenvalue weighted by molar-refractivity contribution is 5.16. The molecule has 0 saturated heterocycles. The fourth-order valence-electron chi connectivity index (χ4n) is 7.35. The molecule has 0 heterocycles. The summed E-state index contributed by atoms with van der Waals surface area (Å²) in [6.45, 7) is 4.83. The number of aliphatic hydroxyl groups is 2. The van der Waals surface area contributed by atoms with Crippen LogP contribution in [0.1, 0.15) is 71.6 Å². The summed E-state index contributed by atoms with van der Waals surface area (Å²) in [6, 6.07) is 0. The van der Waals surface area contributed by atoms with Gasteiger partial charge in [0.05, 0.1) is 6.10 Å². The topological polar surface area (TPSA) is 40.5 Å². The van der Waals surface area contributed by atoms with Crippen LogP contribution in [0, 0.1) is 46.8 Å². The first-order valence-electron chi connectivity index (χ1n) is 9.71. The van der Waals surface area contributed by atoms with Gasteiger partial charge in [-0.3, -0.25) is 0 Å². The van der Waals surface area contributed by atoms with Gasteiger partial charge in [0.15, 0.2) is 0 Å². The predicted octanol–water partition coefficient (Wildman–Crippen LogP) is 3.75. The standard InChI is InChI=1S/C21H32O2/c1-4-21(23)12-11-19(2)14(13-21)5-6-15-16-7-8-18(22)20(16,3)10-9-17(15)19/h1,14-18,22-23H,5-13H2,2-3H3/t14?,15-,16-,17-,18-,19-,20-,21?/m0/s1. The Balaban J connectivity index is 1.61. The lowest BCUT2D eigenvalue weighted by molar-refractivity contribution is -0.143. The van der Waals surface area contributed by atoms with E-state index in [1.54, 1.807) is 0 Å². The third-order valence-electron chi connectivity index (χ3n) is 8.95. The number of rotatable bonds is 0. The Morgan fingerprint density at radius 3 is 2.39 bits per heavy atom. The smallest absolute Gasteiger partial charge is 0.125 e. The Kier molecular flexibility index (Phi) is 3.47. The van der Waals surface area contributed by atoms with Gasteiger partial charge in [-0.1, -0.05) is 19.8 Å². The summed E-state index contributed by atoms with van der Waals surface area (Å²) < 4.78 is 0. The lowest BCUT2D eigenvalue weighted by Crippen LogP contribution is -2.56. The van der Waals surface area contributed by atoms with Gasteiger partial charge < -0.3 is 10.2 Å². The number of fused-ring (bicyclic) bond motifs is 5. The number of hydrogen-bond donors (Lipinski definition) is 2. The predicted molar refractivity (Wildman–Crippen MR) is 91.5 cm³/mol. The summed E-state index contributed by atoms with van der Waals surface area (Å²) in [4.78, 5) is 0. The lowest BCUT2D eigenvalue weighted by Gasteiger charge is -2.61. The Morgan fingerprint density at radius 1 is 0.913 bits per heavy atom. The highest BCUT2D eigenvalue weighted by Gasteiger charge is 2.60. The summed E-state index contributed by atoms with van der Waals surface area (Å²) in [5.41, 5.74) is -0.344. The molecule has 4 aliphatic rings. The highest BCUT2D eigenvalue weighted by atomic mass is 16.3. The van der Waals surface area contributed by atoms with Crippen LogP contribution in [0.4, 0.5) is 0 Å². The van der Waals surface area contributed by atoms with Crippen molar-refractivity contribution in [1.29, 1.82) is 0 Å². The van der Waals surface area contributed by atoms with Crippen LogP contribution in [0.25, 0.3) is 0 Å². The molecular formula is C21H32O2. The van der Waals surface area contributed by atoms with E-state index in [0.29, 0.717) is 17.3 Å². The van der Waals surface area contributed by atoms with Crippen LogP contribution in [0.5, 0.6) is 0 Å². The zero-order valence-corrected chi connectivity index (χ0v) is 14.7. The van der Waals surface area contributed by atoms with Gasteiger partial charge in [-0.15, -0.1) is 6.42 Å². The quantitative estimate of drug-likeness (QED) is 0.668. The van der Waals surface area contributed by atoms with Crippen LogP contribution in [0.2, 0.25) is 0 Å². The minimum atomic E-state index is -0.857. The van der Waals surface area contributed by atoms with E-state index in [9.17, 15) is 10.2 Å². The molecule has 0 bridgehead atoms. The molecule has 0 aromatic carbocycles. The zero-order valence-electron chi connectivity index (χ0n) is 14.7. The fourth-order valence-corrected chi connectivity index (χ4v) is 7.35. The fraction of sp³-hybridized carbons (Fsp3) is 0.905. The van der Waals surface area contributed by atoms with Crippen molar-refractivity contribution >= 4 is 0 Å². The van der Waals surface area contributed by atoms with Crippen molar-refractivity contribution < 1.29 is 10.2 Å². The molecule has 4 aliphatic carbocycles. The van der Waals surface area contributed by atoms with Crippen LogP contribution in [0.3, 0.4) is 0 Å². The summed E-state index contributed by atoms with van der Waals surface area (Å²) in [6.07, 6.45) is 15.3. The van der Waals surface area contributed by atoms with Crippen LogP contribution in [-0.4, -0.2) is 21.9 Å². The van der Waals surface area contributed by atoms with Gasteiger partial charge in [-0.05, 0) is 92.3 Å². The van der Waals surface area contributed by atoms with E-state index < -0.39 is 5.60 Å². The monoisotopic (exact) mass is 316 g/mol. The molecule has 0 aromatic heterocycles. The first-order valence-corrected chi connectivity index (χ1v) is 9.71. The molecule has 4 fully saturated rings. The maximum Gasteiger partial charge on any atom is 0.125 e. The normalized spacial score (nSPS) is 58.7. The molecule has 128 valence electrons. The third-order valence-corrected chi connectivity index (χ3v) is 8.95. The molecule has 0 radical (unpaired) electrons. The van der Waals surface area contributed by atoms with Gasteiger partial charge in [0.1, 0.15) is 5.60 Å². The van der Waals surface area contributed by atoms with Gasteiger partial charge in [0.25, 0.3) is 0 Å². The van der Waals surface area contributed by atoms with Gasteiger partial charge in [0, 0.05) is 0 Å². The lowest BCUT2D eigenvalue weighted by atomic mass is 9.44. The van der Waals surface area contributed by atoms with E-state index in [1.165, 1.54) is 32.1 Å². The third kappa shape index (κ3) is 2.09. The minimum Gasteiger partial charge on any atom is -0.393 e. The Morgan fingerprint density at radius 2 is 1.65 bits per heavy atom. The molecular weight excluding hydrogens is 284 g/mol. The second-order valence-corrected chi connectivity index (χ2v) is 9.67. The maximum atomic E-state index is 10.6. The van der Waals surface area contributed by atoms with Crippen molar-refractivity contribution in [3.8, 4) is 12.3 Å². The number of terminal acetylenes is 1. The molecule has 4 saturated carbocycles. The van der Waals surface area contributed by atoms with Gasteiger partial charge >= 0.3 is 0 Å². The molecule has 0 aromatic rings. The maximum absolute atomic E-state index is 10.6. The highest BCUT2D eigenvalue weighted by Crippen LogP contribution is 2.66. The molecule has 23 heavy (non-hydrogen) atoms. The summed E-state index contributed by atoms with van der Waals surface area (Å²) in [5, 5.41) is 21.1. The van der Waals surface area contributed by atoms with Gasteiger partial charge in [-0.2, -0.15) is 0 Å². The molecule has 4 rings (SSSR count). The second-order valence-electron chi connectivity index (χ2n) is 9.67. The van der Waals surface area contributed by atoms with E-state index in [0.717, 1.165) is 37.5 Å². The van der Waals surface area contributed by atoms with Crippen LogP contribution >= 0.6 is 0 Å². The Bertz CT molecular complexity index is 536. The van der Waals surface area contributed by atoms with Gasteiger partial charge in [-0.25, -0.2) is 0 Å². The molecule has 0 amide bonds. The molecule has 2 nitrogen and oxygen atoms in total. The average Bonchev–Trinajstić information content (AvgIpc) is 2.84. The van der Waals surface area contributed by atoms with E-state index in [2.05, 4.69) is 19.8 Å². The van der Waals surface area contributed by atoms with Crippen molar-refractivity contribution in [1.82, 2.24) is 0 Å². The summed E-state index contributed by atoms with van der Waals surface area (Å²) in [5.74, 6) is 5.51. The largest absolute Gasteiger partial charge is 0.393 e. The average molecular weight is 316 g/mol. The van der Waals surface area contributed by atoms with Crippen LogP contribution in [-0.2, 0) is 0 Å². The van der Waals surface area contributed by atoms with Crippen molar-refractivity contribution in [3.05, 3.63) is 0 Å². The van der Waals surface area contributed by atoms with E-state index in [-0.39, 0.29) is 11.5 Å². The number of aliphatic hydroxyl groups excluding tert-OH is 1. The molecule has 0 aliphatic heterocycles. The summed E-state index contributed by atoms with van der Waals surface area (Å²) in [7, 11) is 0. The second kappa shape index (κ2) is 4.99. The van der Waals surface area contributed by atoms with Crippen molar-refractivity contribution in [3.63, 3.8) is 0 Å². The molecule has 2 heteroatoms. The molecule has 2 N–H and O–H groups in total. The summed E-state index contributed by atoms with van der Waals surface area (Å²) >= 11 is 0.